The lowest BCUT2D eigenvalue weighted by molar-refractivity contribution is 0.170. The molecule has 8 heteroatoms. The standard InChI is InChI=1S/C21H27N3O4S/c1-17-8-9-20(18(2)16-17)28-15-10-22-21(25)23-11-13-24(14-12-23)29(26,27)19-6-4-3-5-7-19/h3-9,16H,10-15H2,1-2H3,(H,22,25). The highest BCUT2D eigenvalue weighted by Gasteiger charge is 2.29. The van der Waals surface area contributed by atoms with Crippen molar-refractivity contribution < 1.29 is 17.9 Å². The van der Waals surface area contributed by atoms with Crippen molar-refractivity contribution in [1.82, 2.24) is 14.5 Å². The van der Waals surface area contributed by atoms with Crippen LogP contribution in [0.1, 0.15) is 11.1 Å². The molecule has 0 saturated carbocycles. The van der Waals surface area contributed by atoms with E-state index in [0.29, 0.717) is 26.2 Å². The van der Waals surface area contributed by atoms with Gasteiger partial charge in [0.1, 0.15) is 12.4 Å². The third-order valence-corrected chi connectivity index (χ3v) is 6.79. The Morgan fingerprint density at radius 3 is 2.38 bits per heavy atom. The van der Waals surface area contributed by atoms with Crippen molar-refractivity contribution in [3.63, 3.8) is 0 Å². The van der Waals surface area contributed by atoms with E-state index in [1.54, 1.807) is 35.2 Å². The molecule has 0 aromatic heterocycles. The largest absolute Gasteiger partial charge is 0.491 e. The van der Waals surface area contributed by atoms with Crippen LogP contribution in [0.2, 0.25) is 0 Å². The van der Waals surface area contributed by atoms with E-state index in [2.05, 4.69) is 11.4 Å². The Kier molecular flexibility index (Phi) is 6.76. The number of amides is 2. The van der Waals surface area contributed by atoms with Crippen LogP contribution in [0.3, 0.4) is 0 Å². The molecule has 1 fully saturated rings. The zero-order valence-electron chi connectivity index (χ0n) is 16.8. The molecule has 0 radical (unpaired) electrons. The molecule has 0 aliphatic carbocycles. The fraction of sp³-hybridized carbons (Fsp3) is 0.381. The van der Waals surface area contributed by atoms with Crippen LogP contribution in [0, 0.1) is 13.8 Å². The van der Waals surface area contributed by atoms with Crippen molar-refractivity contribution >= 4 is 16.1 Å². The Labute approximate surface area is 172 Å². The molecule has 3 rings (SSSR count). The van der Waals surface area contributed by atoms with Gasteiger partial charge in [-0.1, -0.05) is 35.9 Å². The summed E-state index contributed by atoms with van der Waals surface area (Å²) in [4.78, 5) is 14.3. The normalized spacial score (nSPS) is 15.2. The average Bonchev–Trinajstić information content (AvgIpc) is 2.73. The van der Waals surface area contributed by atoms with Crippen molar-refractivity contribution in [3.05, 3.63) is 59.7 Å². The van der Waals surface area contributed by atoms with Crippen molar-refractivity contribution in [1.29, 1.82) is 0 Å². The Morgan fingerprint density at radius 2 is 1.72 bits per heavy atom. The van der Waals surface area contributed by atoms with Gasteiger partial charge in [0.05, 0.1) is 11.4 Å². The molecule has 156 valence electrons. The van der Waals surface area contributed by atoms with E-state index in [4.69, 9.17) is 4.74 Å². The number of nitrogens with zero attached hydrogens (tertiary/aromatic N) is 2. The number of ether oxygens (including phenoxy) is 1. The molecule has 2 aromatic rings. The fourth-order valence-corrected chi connectivity index (χ4v) is 4.71. The summed E-state index contributed by atoms with van der Waals surface area (Å²) < 4.78 is 32.4. The van der Waals surface area contributed by atoms with Crippen LogP contribution < -0.4 is 10.1 Å². The van der Waals surface area contributed by atoms with Gasteiger partial charge in [0, 0.05) is 26.2 Å². The van der Waals surface area contributed by atoms with Crippen molar-refractivity contribution in [3.8, 4) is 5.75 Å². The van der Waals surface area contributed by atoms with Crippen LogP contribution in [-0.4, -0.2) is 63.0 Å². The number of nitrogens with one attached hydrogen (secondary N) is 1. The number of carbonyl (C=O) groups is 1. The maximum absolute atomic E-state index is 12.6. The molecule has 1 heterocycles. The quantitative estimate of drug-likeness (QED) is 0.732. The first-order valence-corrected chi connectivity index (χ1v) is 11.1. The second-order valence-electron chi connectivity index (χ2n) is 7.05. The number of urea groups is 1. The van der Waals surface area contributed by atoms with E-state index in [1.165, 1.54) is 9.87 Å². The SMILES string of the molecule is Cc1ccc(OCCNC(=O)N2CCN(S(=O)(=O)c3ccccc3)CC2)c(C)c1. The number of aryl methyl sites for hydroxylation is 2. The first-order valence-electron chi connectivity index (χ1n) is 9.66. The van der Waals surface area contributed by atoms with Crippen molar-refractivity contribution in [2.45, 2.75) is 18.7 Å². The van der Waals surface area contributed by atoms with E-state index >= 15 is 0 Å². The van der Waals surface area contributed by atoms with Gasteiger partial charge in [-0.05, 0) is 37.6 Å². The first-order chi connectivity index (χ1) is 13.9. The van der Waals surface area contributed by atoms with Gasteiger partial charge >= 0.3 is 6.03 Å². The lowest BCUT2D eigenvalue weighted by Gasteiger charge is -2.34. The molecule has 29 heavy (non-hydrogen) atoms. The zero-order chi connectivity index (χ0) is 20.9. The molecule has 0 atom stereocenters. The predicted molar refractivity (Wildman–Crippen MR) is 112 cm³/mol. The van der Waals surface area contributed by atoms with Gasteiger partial charge in [-0.25, -0.2) is 13.2 Å². The average molecular weight is 418 g/mol. The lowest BCUT2D eigenvalue weighted by atomic mass is 10.1. The molecule has 0 spiro atoms. The second-order valence-corrected chi connectivity index (χ2v) is 8.99. The molecule has 2 amide bonds. The third kappa shape index (κ3) is 5.27. The molecule has 1 N–H and O–H groups in total. The summed E-state index contributed by atoms with van der Waals surface area (Å²) in [5, 5.41) is 2.83. The maximum atomic E-state index is 12.6. The minimum atomic E-state index is -3.51. The van der Waals surface area contributed by atoms with Crippen LogP contribution in [0.4, 0.5) is 4.79 Å². The maximum Gasteiger partial charge on any atom is 0.317 e. The summed E-state index contributed by atoms with van der Waals surface area (Å²) in [6, 6.07) is 14.1. The number of sulfonamides is 1. The molecular formula is C21H27N3O4S. The van der Waals surface area contributed by atoms with Gasteiger partial charge < -0.3 is 15.0 Å². The summed E-state index contributed by atoms with van der Waals surface area (Å²) in [7, 11) is -3.51. The summed E-state index contributed by atoms with van der Waals surface area (Å²) in [5.74, 6) is 0.810. The van der Waals surface area contributed by atoms with Crippen LogP contribution in [0.15, 0.2) is 53.4 Å². The molecule has 0 unspecified atom stereocenters. The Bertz CT molecular complexity index is 940. The molecule has 1 aliphatic heterocycles. The summed E-state index contributed by atoms with van der Waals surface area (Å²) in [5.41, 5.74) is 2.24. The highest BCUT2D eigenvalue weighted by Crippen LogP contribution is 2.19. The minimum absolute atomic E-state index is 0.203. The number of rotatable bonds is 6. The lowest BCUT2D eigenvalue weighted by Crippen LogP contribution is -2.53. The van der Waals surface area contributed by atoms with Crippen molar-refractivity contribution in [2.75, 3.05) is 39.3 Å². The topological polar surface area (TPSA) is 79.0 Å². The number of hydrogen-bond donors (Lipinski definition) is 1. The zero-order valence-corrected chi connectivity index (χ0v) is 17.6. The van der Waals surface area contributed by atoms with Gasteiger partial charge in [0.25, 0.3) is 0 Å². The number of benzene rings is 2. The van der Waals surface area contributed by atoms with Crippen LogP contribution in [0.5, 0.6) is 5.75 Å². The summed E-state index contributed by atoms with van der Waals surface area (Å²) >= 11 is 0. The fourth-order valence-electron chi connectivity index (χ4n) is 3.27. The molecule has 2 aromatic carbocycles. The Balaban J connectivity index is 1.43. The van der Waals surface area contributed by atoms with Gasteiger partial charge in [-0.3, -0.25) is 0 Å². The molecule has 1 saturated heterocycles. The number of hydrogen-bond acceptors (Lipinski definition) is 4. The molecular weight excluding hydrogens is 390 g/mol. The monoisotopic (exact) mass is 417 g/mol. The van der Waals surface area contributed by atoms with Crippen molar-refractivity contribution in [2.24, 2.45) is 0 Å². The molecule has 7 nitrogen and oxygen atoms in total. The highest BCUT2D eigenvalue weighted by atomic mass is 32.2. The van der Waals surface area contributed by atoms with E-state index in [1.807, 2.05) is 26.0 Å². The van der Waals surface area contributed by atoms with Gasteiger partial charge in [-0.2, -0.15) is 4.31 Å². The van der Waals surface area contributed by atoms with Gasteiger partial charge in [0.15, 0.2) is 0 Å². The van der Waals surface area contributed by atoms with E-state index in [-0.39, 0.29) is 24.0 Å². The van der Waals surface area contributed by atoms with Gasteiger partial charge in [0.2, 0.25) is 10.0 Å². The highest BCUT2D eigenvalue weighted by molar-refractivity contribution is 7.89. The summed E-state index contributed by atoms with van der Waals surface area (Å²) in [6.07, 6.45) is 0. The smallest absolute Gasteiger partial charge is 0.317 e. The summed E-state index contributed by atoms with van der Waals surface area (Å²) in [6.45, 7) is 6.05. The second kappa shape index (κ2) is 9.28. The number of carbonyl (C=O) groups excluding carboxylic acids is 1. The predicted octanol–water partition coefficient (Wildman–Crippen LogP) is 2.40. The molecule has 1 aliphatic rings. The van der Waals surface area contributed by atoms with Crippen LogP contribution in [-0.2, 0) is 10.0 Å². The Hall–Kier alpha value is -2.58. The Morgan fingerprint density at radius 1 is 1.03 bits per heavy atom. The van der Waals surface area contributed by atoms with E-state index in [9.17, 15) is 13.2 Å². The molecule has 0 bridgehead atoms. The number of piperazine rings is 1. The van der Waals surface area contributed by atoms with Crippen LogP contribution in [0.25, 0.3) is 0 Å². The minimum Gasteiger partial charge on any atom is -0.491 e. The van der Waals surface area contributed by atoms with Gasteiger partial charge in [-0.15, -0.1) is 0 Å². The third-order valence-electron chi connectivity index (χ3n) is 4.87. The van der Waals surface area contributed by atoms with Crippen LogP contribution >= 0.6 is 0 Å². The first kappa shape index (κ1) is 21.1. The van der Waals surface area contributed by atoms with E-state index in [0.717, 1.165) is 11.3 Å². The van der Waals surface area contributed by atoms with E-state index < -0.39 is 10.0 Å².